The average molecular weight is 886 g/mol. The van der Waals surface area contributed by atoms with E-state index in [0.717, 1.165) is 67.0 Å². The SMILES string of the molecule is c1ccc(-c2ccc(-c3ccccc3)c(-c3cnc(-c4ccc5c(c4)sc4ccc6c7ccccc7n(-c7ccccc7)c6c45)c(-c4nc(-c5ccccc5)nc(-c5ccccc5)n4)c3)c2)cc1. The number of hydrogen-bond donors (Lipinski definition) is 0. The zero-order valence-electron chi connectivity index (χ0n) is 36.7. The maximum absolute atomic E-state index is 5.44. The topological polar surface area (TPSA) is 56.5 Å². The Bertz CT molecular complexity index is 3940. The van der Waals surface area contributed by atoms with E-state index >= 15 is 0 Å². The monoisotopic (exact) mass is 885 g/mol. The number of nitrogens with zero attached hydrogens (tertiary/aromatic N) is 5. The Morgan fingerprint density at radius 3 is 1.59 bits per heavy atom. The van der Waals surface area contributed by atoms with Gasteiger partial charge in [0.1, 0.15) is 0 Å². The van der Waals surface area contributed by atoms with Crippen LogP contribution in [-0.4, -0.2) is 24.5 Å². The van der Waals surface area contributed by atoms with Crippen molar-refractivity contribution in [2.75, 3.05) is 0 Å². The third kappa shape index (κ3) is 6.86. The highest BCUT2D eigenvalue weighted by molar-refractivity contribution is 7.26. The molecule has 0 atom stereocenters. The number of hydrogen-bond acceptors (Lipinski definition) is 5. The summed E-state index contributed by atoms with van der Waals surface area (Å²) in [6.45, 7) is 0. The first kappa shape index (κ1) is 39.5. The Labute approximate surface area is 397 Å². The van der Waals surface area contributed by atoms with Crippen molar-refractivity contribution in [1.82, 2.24) is 24.5 Å². The second-order valence-electron chi connectivity index (χ2n) is 17.0. The van der Waals surface area contributed by atoms with Crippen molar-refractivity contribution < 1.29 is 0 Å². The van der Waals surface area contributed by atoms with Gasteiger partial charge in [-0.2, -0.15) is 0 Å². The number of aromatic nitrogens is 5. The highest BCUT2D eigenvalue weighted by Gasteiger charge is 2.22. The van der Waals surface area contributed by atoms with Crippen LogP contribution < -0.4 is 0 Å². The van der Waals surface area contributed by atoms with Gasteiger partial charge in [-0.05, 0) is 70.3 Å². The average Bonchev–Trinajstić information content (AvgIpc) is 3.97. The number of pyridine rings is 1. The minimum absolute atomic E-state index is 0.549. The Morgan fingerprint density at radius 1 is 0.338 bits per heavy atom. The van der Waals surface area contributed by atoms with Gasteiger partial charge in [0.2, 0.25) is 0 Å². The van der Waals surface area contributed by atoms with Gasteiger partial charge in [-0.25, -0.2) is 15.0 Å². The molecule has 13 rings (SSSR count). The number of thiophene rings is 1. The summed E-state index contributed by atoms with van der Waals surface area (Å²) in [6, 6.07) is 81.2. The Balaban J connectivity index is 1.06. The molecule has 0 unspecified atom stereocenters. The molecule has 0 N–H and O–H groups in total. The fourth-order valence-corrected chi connectivity index (χ4v) is 10.9. The van der Waals surface area contributed by atoms with Gasteiger partial charge in [0.15, 0.2) is 17.5 Å². The molecule has 0 aliphatic carbocycles. The summed E-state index contributed by atoms with van der Waals surface area (Å²) in [5.41, 5.74) is 14.5. The number of para-hydroxylation sites is 2. The van der Waals surface area contributed by atoms with Crippen molar-refractivity contribution in [3.63, 3.8) is 0 Å². The maximum Gasteiger partial charge on any atom is 0.166 e. The van der Waals surface area contributed by atoms with Gasteiger partial charge in [-0.1, -0.05) is 188 Å². The Kier molecular flexibility index (Phi) is 9.62. The third-order valence-electron chi connectivity index (χ3n) is 12.9. The first-order valence-corrected chi connectivity index (χ1v) is 23.6. The quantitative estimate of drug-likeness (QED) is 0.153. The number of rotatable bonds is 8. The van der Waals surface area contributed by atoms with E-state index in [1.807, 2.05) is 78.2 Å². The van der Waals surface area contributed by atoms with E-state index < -0.39 is 0 Å². The standard InChI is InChI=1S/C62H39N5S/c1-6-18-40(19-7-1)44-30-32-48(41-20-8-2-9-21-41)52(36-44)46-37-53(62-65-60(42-22-10-3-11-23-42)64-61(66-62)43-24-12-4-13-25-43)58(63-39-46)45-31-33-51-56(38-45)68-55-35-34-50-49-28-16-17-29-54(49)67(59(50)57(51)55)47-26-14-5-15-27-47/h1-39H. The van der Waals surface area contributed by atoms with E-state index in [1.165, 1.54) is 42.0 Å². The summed E-state index contributed by atoms with van der Waals surface area (Å²) < 4.78 is 4.84. The fraction of sp³-hybridized carbons (Fsp3) is 0. The maximum atomic E-state index is 5.44. The molecular weight excluding hydrogens is 847 g/mol. The van der Waals surface area contributed by atoms with Crippen molar-refractivity contribution in [3.8, 4) is 84.5 Å². The van der Waals surface area contributed by atoms with Crippen LogP contribution in [0, 0.1) is 0 Å². The van der Waals surface area contributed by atoms with Crippen LogP contribution in [0.3, 0.4) is 0 Å². The summed E-state index contributed by atoms with van der Waals surface area (Å²) in [7, 11) is 0. The van der Waals surface area contributed by atoms with Crippen molar-refractivity contribution >= 4 is 53.3 Å². The lowest BCUT2D eigenvalue weighted by molar-refractivity contribution is 1.07. The Hall–Kier alpha value is -8.84. The van der Waals surface area contributed by atoms with Gasteiger partial charge in [0.05, 0.1) is 16.7 Å². The van der Waals surface area contributed by atoms with Crippen molar-refractivity contribution in [1.29, 1.82) is 0 Å². The van der Waals surface area contributed by atoms with Crippen LogP contribution in [0.4, 0.5) is 0 Å². The van der Waals surface area contributed by atoms with Gasteiger partial charge in [-0.3, -0.25) is 4.98 Å². The smallest absolute Gasteiger partial charge is 0.166 e. The summed E-state index contributed by atoms with van der Waals surface area (Å²) in [5, 5.41) is 4.94. The van der Waals surface area contributed by atoms with Crippen LogP contribution in [0.1, 0.15) is 0 Å². The highest BCUT2D eigenvalue weighted by atomic mass is 32.1. The molecule has 5 nitrogen and oxygen atoms in total. The fourth-order valence-electron chi connectivity index (χ4n) is 9.71. The minimum Gasteiger partial charge on any atom is -0.309 e. The summed E-state index contributed by atoms with van der Waals surface area (Å²) in [5.74, 6) is 1.74. The van der Waals surface area contributed by atoms with E-state index in [2.05, 4.69) is 174 Å². The lowest BCUT2D eigenvalue weighted by atomic mass is 9.90. The van der Waals surface area contributed by atoms with Gasteiger partial charge in [0.25, 0.3) is 0 Å². The molecule has 6 heteroatoms. The lowest BCUT2D eigenvalue weighted by Gasteiger charge is -2.16. The third-order valence-corrected chi connectivity index (χ3v) is 14.0. The molecule has 9 aromatic carbocycles. The summed E-state index contributed by atoms with van der Waals surface area (Å²) >= 11 is 1.82. The summed E-state index contributed by atoms with van der Waals surface area (Å²) in [6.07, 6.45) is 2.02. The van der Waals surface area contributed by atoms with Crippen LogP contribution in [0.15, 0.2) is 237 Å². The first-order chi connectivity index (χ1) is 33.7. The van der Waals surface area contributed by atoms with Gasteiger partial charge >= 0.3 is 0 Å². The molecular formula is C62H39N5S. The van der Waals surface area contributed by atoms with Gasteiger partial charge in [0, 0.05) is 70.6 Å². The molecule has 0 radical (unpaired) electrons. The molecule has 4 aromatic heterocycles. The second kappa shape index (κ2) is 16.5. The zero-order chi connectivity index (χ0) is 45.0. The molecule has 0 amide bonds. The van der Waals surface area contributed by atoms with Crippen LogP contribution in [0.2, 0.25) is 0 Å². The van der Waals surface area contributed by atoms with Crippen molar-refractivity contribution in [2.24, 2.45) is 0 Å². The molecule has 4 heterocycles. The molecule has 68 heavy (non-hydrogen) atoms. The number of fused-ring (bicyclic) bond motifs is 7. The van der Waals surface area contributed by atoms with Crippen molar-refractivity contribution in [2.45, 2.75) is 0 Å². The molecule has 0 aliphatic heterocycles. The van der Waals surface area contributed by atoms with E-state index in [0.29, 0.717) is 17.5 Å². The van der Waals surface area contributed by atoms with Crippen LogP contribution in [-0.2, 0) is 0 Å². The normalized spacial score (nSPS) is 11.5. The van der Waals surface area contributed by atoms with E-state index in [-0.39, 0.29) is 0 Å². The van der Waals surface area contributed by atoms with Gasteiger partial charge in [-0.15, -0.1) is 11.3 Å². The predicted molar refractivity (Wildman–Crippen MR) is 283 cm³/mol. The second-order valence-corrected chi connectivity index (χ2v) is 18.1. The zero-order valence-corrected chi connectivity index (χ0v) is 37.5. The molecule has 0 saturated carbocycles. The molecule has 0 fully saturated rings. The molecule has 0 bridgehead atoms. The van der Waals surface area contributed by atoms with Gasteiger partial charge < -0.3 is 4.57 Å². The molecule has 318 valence electrons. The van der Waals surface area contributed by atoms with E-state index in [1.54, 1.807) is 0 Å². The van der Waals surface area contributed by atoms with E-state index in [4.69, 9.17) is 19.9 Å². The highest BCUT2D eigenvalue weighted by Crippen LogP contribution is 2.45. The van der Waals surface area contributed by atoms with Crippen LogP contribution >= 0.6 is 11.3 Å². The van der Waals surface area contributed by atoms with Crippen molar-refractivity contribution in [3.05, 3.63) is 237 Å². The first-order valence-electron chi connectivity index (χ1n) is 22.8. The lowest BCUT2D eigenvalue weighted by Crippen LogP contribution is -2.02. The molecule has 0 aliphatic rings. The van der Waals surface area contributed by atoms with Crippen LogP contribution in [0.25, 0.3) is 126 Å². The van der Waals surface area contributed by atoms with Crippen LogP contribution in [0.5, 0.6) is 0 Å². The minimum atomic E-state index is 0.549. The molecule has 13 aromatic rings. The predicted octanol–water partition coefficient (Wildman–Crippen LogP) is 16.4. The molecule has 0 spiro atoms. The summed E-state index contributed by atoms with van der Waals surface area (Å²) in [4.78, 5) is 21.1. The number of benzene rings is 9. The molecule has 0 saturated heterocycles. The largest absolute Gasteiger partial charge is 0.309 e. The Morgan fingerprint density at radius 2 is 0.897 bits per heavy atom. The van der Waals surface area contributed by atoms with E-state index in [9.17, 15) is 0 Å².